The van der Waals surface area contributed by atoms with Gasteiger partial charge >= 0.3 is 12.1 Å². The molecule has 0 bridgehead atoms. The second kappa shape index (κ2) is 17.2. The van der Waals surface area contributed by atoms with Crippen molar-refractivity contribution in [2.75, 3.05) is 6.61 Å². The third-order valence-electron chi connectivity index (χ3n) is 7.74. The molecule has 0 radical (unpaired) electrons. The molecule has 0 aliphatic carbocycles. The quantitative estimate of drug-likeness (QED) is 0.0451. The van der Waals surface area contributed by atoms with Crippen molar-refractivity contribution in [2.45, 2.75) is 68.4 Å². The van der Waals surface area contributed by atoms with Crippen LogP contribution in [0.1, 0.15) is 83.2 Å². The number of carbonyl (C=O) groups excluding carboxylic acids is 1. The van der Waals surface area contributed by atoms with E-state index in [0.717, 1.165) is 42.8 Å². The van der Waals surface area contributed by atoms with Crippen molar-refractivity contribution in [3.63, 3.8) is 0 Å². The lowest BCUT2D eigenvalue weighted by Gasteiger charge is -2.21. The van der Waals surface area contributed by atoms with Crippen LogP contribution in [0.5, 0.6) is 11.5 Å². The first-order chi connectivity index (χ1) is 23.8. The zero-order chi connectivity index (χ0) is 36.4. The summed E-state index contributed by atoms with van der Waals surface area (Å²) in [5, 5.41) is 30.4. The number of rotatable bonds is 16. The second-order valence-corrected chi connectivity index (χ2v) is 12.7. The van der Waals surface area contributed by atoms with Gasteiger partial charge < -0.3 is 24.5 Å². The molecule has 4 aromatic rings. The zero-order valence-corrected chi connectivity index (χ0v) is 28.2. The van der Waals surface area contributed by atoms with Gasteiger partial charge in [0.2, 0.25) is 5.76 Å². The number of aromatic carboxylic acids is 1. The molecular weight excluding hydrogens is 673 g/mol. The summed E-state index contributed by atoms with van der Waals surface area (Å²) < 4.78 is 51.6. The Balaban J connectivity index is 1.44. The molecule has 1 aromatic heterocycles. The summed E-state index contributed by atoms with van der Waals surface area (Å²) in [4.78, 5) is 36.0. The van der Waals surface area contributed by atoms with Gasteiger partial charge in [-0.3, -0.25) is 9.59 Å². The second-order valence-electron chi connectivity index (χ2n) is 11.5. The van der Waals surface area contributed by atoms with Gasteiger partial charge in [-0.2, -0.15) is 13.2 Å². The number of carboxylic acid groups (broad SMARTS) is 1. The molecule has 12 heteroatoms. The molecule has 8 nitrogen and oxygen atoms in total. The maximum atomic E-state index is 13.4. The number of unbranched alkanes of at least 4 members (excludes halogenated alkanes) is 2. The number of Topliss-reactive ketones (excluding diaryl/α,β-unsaturated/α-hetero) is 1. The van der Waals surface area contributed by atoms with Gasteiger partial charge in [0.1, 0.15) is 17.1 Å². The summed E-state index contributed by atoms with van der Waals surface area (Å²) in [5.41, 5.74) is -0.485. The summed E-state index contributed by atoms with van der Waals surface area (Å²) in [5.74, 6) is -1.66. The third kappa shape index (κ3) is 9.88. The fourth-order valence-electron chi connectivity index (χ4n) is 5.19. The number of ketones is 1. The first kappa shape index (κ1) is 38.0. The maximum Gasteiger partial charge on any atom is 0.416 e. The summed E-state index contributed by atoms with van der Waals surface area (Å²) in [6.45, 7) is 3.78. The van der Waals surface area contributed by atoms with Crippen molar-refractivity contribution in [1.82, 2.24) is 0 Å². The van der Waals surface area contributed by atoms with Gasteiger partial charge in [-0.15, -0.1) is 11.8 Å². The molecule has 4 rings (SSSR count). The molecular formula is C38H37F3O8S. The Labute approximate surface area is 290 Å². The summed E-state index contributed by atoms with van der Waals surface area (Å²) in [6.07, 6.45) is 4.56. The number of ether oxygens (including phenoxy) is 1. The maximum absolute atomic E-state index is 13.4. The van der Waals surface area contributed by atoms with Gasteiger partial charge in [-0.1, -0.05) is 49.8 Å². The molecule has 3 N–H and O–H groups in total. The van der Waals surface area contributed by atoms with Crippen molar-refractivity contribution >= 4 is 34.5 Å². The fraction of sp³-hybridized carbons (Fsp3) is 0.289. The minimum atomic E-state index is -4.60. The Bertz CT molecular complexity index is 1950. The SMILES string of the molecule is CCCc1c(OCCCCC=C/C=C/[C@H](Sc2ccc3c(=O)cc(C(=O)O)oc3c2)C(O)c2cccc(C(F)(F)F)c2)ccc(C(C)=O)c1O. The van der Waals surface area contributed by atoms with Gasteiger partial charge in [0.25, 0.3) is 0 Å². The predicted molar refractivity (Wildman–Crippen MR) is 185 cm³/mol. The number of aromatic hydroxyl groups is 1. The van der Waals surface area contributed by atoms with E-state index in [2.05, 4.69) is 0 Å². The van der Waals surface area contributed by atoms with Crippen LogP contribution in [-0.4, -0.2) is 38.9 Å². The number of fused-ring (bicyclic) bond motifs is 1. The molecule has 0 aliphatic heterocycles. The van der Waals surface area contributed by atoms with Gasteiger partial charge in [0.15, 0.2) is 11.2 Å². The number of phenolic OH excluding ortho intramolecular Hbond substituents is 1. The fourth-order valence-corrected chi connectivity index (χ4v) is 6.28. The van der Waals surface area contributed by atoms with Gasteiger partial charge in [0.05, 0.1) is 34.5 Å². The van der Waals surface area contributed by atoms with Crippen molar-refractivity contribution in [3.8, 4) is 11.5 Å². The molecule has 1 heterocycles. The number of thioether (sulfide) groups is 1. The van der Waals surface area contributed by atoms with E-state index >= 15 is 0 Å². The minimum absolute atomic E-state index is 0.0199. The molecule has 0 aliphatic rings. The van der Waals surface area contributed by atoms with E-state index in [1.807, 2.05) is 13.0 Å². The van der Waals surface area contributed by atoms with Crippen LogP contribution in [0.4, 0.5) is 13.2 Å². The van der Waals surface area contributed by atoms with E-state index in [9.17, 15) is 42.9 Å². The standard InChI is InChI=1S/C38H37F3O8S/c1-3-11-29-31(18-17-27(23(2)42)36(29)45)48-19-9-7-5-4-6-8-14-34(35(44)24-12-10-13-25(20-24)38(39,40)41)50-26-15-16-28-30(43)22-33(37(46)47)49-32(28)21-26/h4,6,8,10,12-18,20-22,34-35,44-45H,3,5,7,9,11,19H2,1-2H3,(H,46,47)/b6-4?,14-8+/t34-,35?/m0/s1. The molecule has 3 aromatic carbocycles. The number of aliphatic hydroxyl groups is 1. The predicted octanol–water partition coefficient (Wildman–Crippen LogP) is 8.93. The Kier molecular flexibility index (Phi) is 13.1. The number of alkyl halides is 3. The number of allylic oxidation sites excluding steroid dienone is 3. The largest absolute Gasteiger partial charge is 0.507 e. The monoisotopic (exact) mass is 710 g/mol. The summed E-state index contributed by atoms with van der Waals surface area (Å²) in [7, 11) is 0. The van der Waals surface area contributed by atoms with Crippen LogP contribution < -0.4 is 10.2 Å². The Hall–Kier alpha value is -4.81. The first-order valence-electron chi connectivity index (χ1n) is 15.9. The number of hydrogen-bond donors (Lipinski definition) is 3. The highest BCUT2D eigenvalue weighted by atomic mass is 32.2. The van der Waals surface area contributed by atoms with Crippen LogP contribution in [0.25, 0.3) is 11.0 Å². The minimum Gasteiger partial charge on any atom is -0.507 e. The molecule has 2 atom stereocenters. The van der Waals surface area contributed by atoms with Crippen LogP contribution in [0, 0.1) is 0 Å². The van der Waals surface area contributed by atoms with E-state index in [1.165, 1.54) is 31.2 Å². The Morgan fingerprint density at radius 1 is 1.04 bits per heavy atom. The molecule has 0 fully saturated rings. The average molecular weight is 711 g/mol. The molecule has 1 unspecified atom stereocenters. The lowest BCUT2D eigenvalue weighted by molar-refractivity contribution is -0.137. The molecule has 0 saturated heterocycles. The van der Waals surface area contributed by atoms with Gasteiger partial charge in [0, 0.05) is 16.5 Å². The Morgan fingerprint density at radius 2 is 1.82 bits per heavy atom. The van der Waals surface area contributed by atoms with Crippen molar-refractivity contribution in [1.29, 1.82) is 0 Å². The molecule has 0 amide bonds. The number of hydrogen-bond acceptors (Lipinski definition) is 8. The van der Waals surface area contributed by atoms with Crippen molar-refractivity contribution in [3.05, 3.63) is 123 Å². The van der Waals surface area contributed by atoms with E-state index in [0.29, 0.717) is 42.1 Å². The zero-order valence-electron chi connectivity index (χ0n) is 27.4. The molecule has 0 spiro atoms. The highest BCUT2D eigenvalue weighted by molar-refractivity contribution is 8.00. The van der Waals surface area contributed by atoms with Crippen LogP contribution in [-0.2, 0) is 12.6 Å². The lowest BCUT2D eigenvalue weighted by atomic mass is 10.0. The first-order valence-corrected chi connectivity index (χ1v) is 16.8. The van der Waals surface area contributed by atoms with E-state index in [4.69, 9.17) is 9.15 Å². The lowest BCUT2D eigenvalue weighted by Crippen LogP contribution is -2.14. The molecule has 264 valence electrons. The van der Waals surface area contributed by atoms with Gasteiger partial charge in [-0.05, 0) is 80.6 Å². The van der Waals surface area contributed by atoms with E-state index < -0.39 is 40.3 Å². The van der Waals surface area contributed by atoms with Crippen LogP contribution in [0.2, 0.25) is 0 Å². The third-order valence-corrected chi connectivity index (χ3v) is 8.95. The highest BCUT2D eigenvalue weighted by Crippen LogP contribution is 2.37. The number of phenols is 1. The molecule has 0 saturated carbocycles. The number of benzene rings is 3. The topological polar surface area (TPSA) is 134 Å². The van der Waals surface area contributed by atoms with E-state index in [-0.39, 0.29) is 33.6 Å². The number of halogens is 3. The van der Waals surface area contributed by atoms with Crippen molar-refractivity contribution in [2.24, 2.45) is 0 Å². The molecule has 50 heavy (non-hydrogen) atoms. The van der Waals surface area contributed by atoms with Crippen LogP contribution in [0.3, 0.4) is 0 Å². The number of carbonyl (C=O) groups is 2. The normalized spacial score (nSPS) is 13.2. The summed E-state index contributed by atoms with van der Waals surface area (Å²) >= 11 is 1.11. The van der Waals surface area contributed by atoms with E-state index in [1.54, 1.807) is 36.4 Å². The Morgan fingerprint density at radius 3 is 2.52 bits per heavy atom. The highest BCUT2D eigenvalue weighted by Gasteiger charge is 2.31. The van der Waals surface area contributed by atoms with Crippen molar-refractivity contribution < 1.29 is 47.2 Å². The average Bonchev–Trinajstić information content (AvgIpc) is 3.07. The number of carboxylic acids is 1. The number of aliphatic hydroxyl groups excluding tert-OH is 1. The summed E-state index contributed by atoms with van der Waals surface area (Å²) in [6, 6.07) is 13.1. The van der Waals surface area contributed by atoms with Crippen LogP contribution in [0.15, 0.2) is 99.1 Å². The van der Waals surface area contributed by atoms with Gasteiger partial charge in [-0.25, -0.2) is 4.79 Å². The smallest absolute Gasteiger partial charge is 0.416 e. The van der Waals surface area contributed by atoms with Crippen LogP contribution >= 0.6 is 11.8 Å².